The van der Waals surface area contributed by atoms with Gasteiger partial charge in [-0.2, -0.15) is 0 Å². The minimum absolute atomic E-state index is 0.627. The van der Waals surface area contributed by atoms with Gasteiger partial charge in [0.15, 0.2) is 0 Å². The molecule has 0 aromatic heterocycles. The van der Waals surface area contributed by atoms with Crippen LogP contribution in [0.15, 0.2) is 72.8 Å². The average molecular weight is 719 g/mol. The zero-order valence-corrected chi connectivity index (χ0v) is 33.4. The molecule has 3 aromatic rings. The molecular formula is C46H78N4O2. The summed E-state index contributed by atoms with van der Waals surface area (Å²) in [6, 6.07) is 22.9. The van der Waals surface area contributed by atoms with Crippen molar-refractivity contribution in [2.24, 2.45) is 0 Å². The number of hydrogen-bond acceptors (Lipinski definition) is 6. The number of ether oxygens (including phenoxy) is 2. The highest BCUT2D eigenvalue weighted by atomic mass is 16.5. The Morgan fingerprint density at radius 2 is 0.596 bits per heavy atom. The Morgan fingerprint density at radius 1 is 0.346 bits per heavy atom. The van der Waals surface area contributed by atoms with Gasteiger partial charge in [-0.1, -0.05) is 192 Å². The summed E-state index contributed by atoms with van der Waals surface area (Å²) in [5.74, 6) is 1.50. The number of nitrogen functional groups attached to an aromatic ring is 4. The van der Waals surface area contributed by atoms with Crippen molar-refractivity contribution in [1.82, 2.24) is 0 Å². The van der Waals surface area contributed by atoms with E-state index in [2.05, 4.69) is 13.8 Å². The van der Waals surface area contributed by atoms with Gasteiger partial charge in [-0.05, 0) is 49.2 Å². The lowest BCUT2D eigenvalue weighted by atomic mass is 10.0. The second-order valence-electron chi connectivity index (χ2n) is 14.2. The lowest BCUT2D eigenvalue weighted by Crippen LogP contribution is -2.01. The minimum Gasteiger partial charge on any atom is -0.491 e. The van der Waals surface area contributed by atoms with Crippen LogP contribution < -0.4 is 32.4 Å². The molecule has 0 heterocycles. The predicted octanol–water partition coefficient (Wildman–Crippen LogP) is 13.5. The number of unbranched alkanes of at least 4 members (excludes halogenated alkanes) is 22. The summed E-state index contributed by atoms with van der Waals surface area (Å²) >= 11 is 0. The maximum absolute atomic E-state index is 5.88. The Morgan fingerprint density at radius 3 is 0.846 bits per heavy atom. The third-order valence-electron chi connectivity index (χ3n) is 9.25. The van der Waals surface area contributed by atoms with E-state index in [1.54, 1.807) is 12.1 Å². The normalized spacial score (nSPS) is 10.5. The van der Waals surface area contributed by atoms with Crippen LogP contribution in [0.1, 0.15) is 168 Å². The zero-order valence-electron chi connectivity index (χ0n) is 33.4. The molecule has 3 aromatic carbocycles. The third-order valence-corrected chi connectivity index (χ3v) is 9.25. The van der Waals surface area contributed by atoms with Gasteiger partial charge in [-0.3, -0.25) is 0 Å². The first-order chi connectivity index (χ1) is 25.5. The van der Waals surface area contributed by atoms with Crippen molar-refractivity contribution < 1.29 is 9.47 Å². The molecule has 0 saturated carbocycles. The van der Waals surface area contributed by atoms with Crippen LogP contribution in [-0.4, -0.2) is 13.2 Å². The molecule has 8 N–H and O–H groups in total. The molecule has 6 heteroatoms. The van der Waals surface area contributed by atoms with Gasteiger partial charge in [0.25, 0.3) is 0 Å². The number of rotatable bonds is 28. The van der Waals surface area contributed by atoms with Gasteiger partial charge in [-0.25, -0.2) is 0 Å². The van der Waals surface area contributed by atoms with Gasteiger partial charge in [0, 0.05) is 11.4 Å². The summed E-state index contributed by atoms with van der Waals surface area (Å²) in [7, 11) is 0. The summed E-state index contributed by atoms with van der Waals surface area (Å²) in [4.78, 5) is 0. The first-order valence-electron chi connectivity index (χ1n) is 21.0. The second kappa shape index (κ2) is 34.5. The van der Waals surface area contributed by atoms with Crippen molar-refractivity contribution in [2.45, 2.75) is 168 Å². The minimum atomic E-state index is 0.627. The lowest BCUT2D eigenvalue weighted by Gasteiger charge is -2.09. The molecule has 0 unspecified atom stereocenters. The average Bonchev–Trinajstić information content (AvgIpc) is 3.15. The molecule has 0 radical (unpaired) electrons. The van der Waals surface area contributed by atoms with Crippen molar-refractivity contribution in [3.63, 3.8) is 0 Å². The quantitative estimate of drug-likeness (QED) is 0.0438. The molecule has 3 rings (SSSR count). The Kier molecular flexibility index (Phi) is 30.9. The van der Waals surface area contributed by atoms with Crippen LogP contribution in [0.5, 0.6) is 11.5 Å². The van der Waals surface area contributed by atoms with E-state index in [1.807, 2.05) is 60.7 Å². The summed E-state index contributed by atoms with van der Waals surface area (Å²) in [5, 5.41) is 0. The van der Waals surface area contributed by atoms with Gasteiger partial charge >= 0.3 is 0 Å². The number of anilines is 4. The topological polar surface area (TPSA) is 123 Å². The molecule has 0 fully saturated rings. The van der Waals surface area contributed by atoms with Gasteiger partial charge in [-0.15, -0.1) is 0 Å². The molecular weight excluding hydrogens is 641 g/mol. The molecule has 0 bridgehead atoms. The van der Waals surface area contributed by atoms with Crippen molar-refractivity contribution in [3.05, 3.63) is 72.8 Å². The SMILES string of the molecule is CCCCCCCCCCCCCCCCOc1ccc(N)cc1N.CCCCCCCCCCCCOc1ccc(N)cc1N.c1ccccc1. The van der Waals surface area contributed by atoms with E-state index < -0.39 is 0 Å². The predicted molar refractivity (Wildman–Crippen MR) is 230 cm³/mol. The fourth-order valence-electron chi connectivity index (χ4n) is 6.03. The van der Waals surface area contributed by atoms with Gasteiger partial charge in [0.2, 0.25) is 0 Å². The highest BCUT2D eigenvalue weighted by molar-refractivity contribution is 5.61. The fraction of sp³-hybridized carbons (Fsp3) is 0.609. The monoisotopic (exact) mass is 719 g/mol. The molecule has 0 amide bonds. The van der Waals surface area contributed by atoms with Gasteiger partial charge in [0.05, 0.1) is 24.6 Å². The van der Waals surface area contributed by atoms with Crippen LogP contribution in [0, 0.1) is 0 Å². The smallest absolute Gasteiger partial charge is 0.142 e. The number of nitrogens with two attached hydrogens (primary N) is 4. The van der Waals surface area contributed by atoms with E-state index in [0.29, 0.717) is 22.7 Å². The zero-order chi connectivity index (χ0) is 37.7. The van der Waals surface area contributed by atoms with Crippen LogP contribution in [-0.2, 0) is 0 Å². The Balaban J connectivity index is 0.000000451. The molecule has 0 aliphatic rings. The van der Waals surface area contributed by atoms with Gasteiger partial charge < -0.3 is 32.4 Å². The first kappa shape index (κ1) is 46.5. The Bertz CT molecular complexity index is 1160. The molecule has 294 valence electrons. The largest absolute Gasteiger partial charge is 0.491 e. The van der Waals surface area contributed by atoms with E-state index >= 15 is 0 Å². The maximum Gasteiger partial charge on any atom is 0.142 e. The maximum atomic E-state index is 5.88. The highest BCUT2D eigenvalue weighted by Gasteiger charge is 2.02. The van der Waals surface area contributed by atoms with Crippen LogP contribution in [0.4, 0.5) is 22.7 Å². The number of hydrogen-bond donors (Lipinski definition) is 4. The molecule has 0 spiro atoms. The first-order valence-corrected chi connectivity index (χ1v) is 21.0. The van der Waals surface area contributed by atoms with Crippen LogP contribution >= 0.6 is 0 Å². The molecule has 0 aliphatic carbocycles. The molecule has 0 saturated heterocycles. The third kappa shape index (κ3) is 28.1. The summed E-state index contributed by atoms with van der Waals surface area (Å²) in [5.41, 5.74) is 25.7. The Hall–Kier alpha value is -3.54. The summed E-state index contributed by atoms with van der Waals surface area (Å²) in [6.07, 6.45) is 32.5. The summed E-state index contributed by atoms with van der Waals surface area (Å²) < 4.78 is 11.4. The highest BCUT2D eigenvalue weighted by Crippen LogP contribution is 2.25. The van der Waals surface area contributed by atoms with Crippen molar-refractivity contribution >= 4 is 22.7 Å². The van der Waals surface area contributed by atoms with Crippen LogP contribution in [0.3, 0.4) is 0 Å². The van der Waals surface area contributed by atoms with Crippen LogP contribution in [0.25, 0.3) is 0 Å². The van der Waals surface area contributed by atoms with Crippen LogP contribution in [0.2, 0.25) is 0 Å². The van der Waals surface area contributed by atoms with E-state index in [1.165, 1.54) is 141 Å². The standard InChI is InChI=1S/C22H40N2O.C18H32N2O.C6H6/c1-2-3-4-5-6-7-8-9-10-11-12-13-14-15-18-25-22-17-16-20(23)19-21(22)24;1-2-3-4-5-6-7-8-9-10-11-14-21-18-13-12-16(19)15-17(18)20;1-2-4-6-5-3-1/h16-17,19H,2-15,18,23-24H2,1H3;12-13,15H,2-11,14,19-20H2,1H3;1-6H. The molecule has 52 heavy (non-hydrogen) atoms. The van der Waals surface area contributed by atoms with E-state index in [0.717, 1.165) is 37.6 Å². The van der Waals surface area contributed by atoms with Crippen molar-refractivity contribution in [1.29, 1.82) is 0 Å². The van der Waals surface area contributed by atoms with Crippen molar-refractivity contribution in [2.75, 3.05) is 36.1 Å². The van der Waals surface area contributed by atoms with E-state index in [4.69, 9.17) is 32.4 Å². The Labute approximate surface area is 319 Å². The molecule has 0 aliphatic heterocycles. The molecule has 6 nitrogen and oxygen atoms in total. The van der Waals surface area contributed by atoms with E-state index in [-0.39, 0.29) is 0 Å². The van der Waals surface area contributed by atoms with Gasteiger partial charge in [0.1, 0.15) is 11.5 Å². The van der Waals surface area contributed by atoms with Crippen molar-refractivity contribution in [3.8, 4) is 11.5 Å². The van der Waals surface area contributed by atoms with E-state index in [9.17, 15) is 0 Å². The number of benzene rings is 3. The fourth-order valence-corrected chi connectivity index (χ4v) is 6.03. The lowest BCUT2D eigenvalue weighted by molar-refractivity contribution is 0.305. The molecule has 0 atom stereocenters. The second-order valence-corrected chi connectivity index (χ2v) is 14.2. The summed E-state index contributed by atoms with van der Waals surface area (Å²) in [6.45, 7) is 6.03.